The van der Waals surface area contributed by atoms with Crippen LogP contribution in [0.3, 0.4) is 0 Å². The predicted molar refractivity (Wildman–Crippen MR) is 125 cm³/mol. The lowest BCUT2D eigenvalue weighted by molar-refractivity contribution is -0.134. The monoisotopic (exact) mass is 429 g/mol. The quantitative estimate of drug-likeness (QED) is 0.523. The Bertz CT molecular complexity index is 1300. The molecule has 0 saturated carbocycles. The standard InChI is InChI=1S/C25H27N5O2/c1-28-16-20(19-7-3-5-9-23(19)28)24(31)29-10-12-30(13-11-29)25(32)21(26)14-17-15-27-22-8-4-2-6-18(17)22/h2-9,15-16,21,27H,10-14,26H2,1H3/t21-/m0/s1. The van der Waals surface area contributed by atoms with Crippen molar-refractivity contribution in [3.63, 3.8) is 0 Å². The number of hydrogen-bond acceptors (Lipinski definition) is 3. The molecule has 1 aliphatic heterocycles. The van der Waals surface area contributed by atoms with E-state index in [-0.39, 0.29) is 11.8 Å². The number of carbonyl (C=O) groups is 2. The van der Waals surface area contributed by atoms with E-state index in [4.69, 9.17) is 5.73 Å². The number of carbonyl (C=O) groups excluding carboxylic acids is 2. The molecule has 0 radical (unpaired) electrons. The number of fused-ring (bicyclic) bond motifs is 2. The van der Waals surface area contributed by atoms with Crippen LogP contribution >= 0.6 is 0 Å². The van der Waals surface area contributed by atoms with Crippen LogP contribution in [0.25, 0.3) is 21.8 Å². The van der Waals surface area contributed by atoms with Crippen LogP contribution in [0.4, 0.5) is 0 Å². The normalized spacial score (nSPS) is 15.4. The van der Waals surface area contributed by atoms with Gasteiger partial charge in [-0.05, 0) is 24.1 Å². The molecule has 0 aliphatic carbocycles. The number of aromatic nitrogens is 2. The van der Waals surface area contributed by atoms with E-state index in [2.05, 4.69) is 4.98 Å². The number of amides is 2. The molecule has 7 nitrogen and oxygen atoms in total. The molecule has 0 bridgehead atoms. The van der Waals surface area contributed by atoms with Crippen molar-refractivity contribution in [2.45, 2.75) is 12.5 Å². The maximum absolute atomic E-state index is 13.2. The largest absolute Gasteiger partial charge is 0.361 e. The van der Waals surface area contributed by atoms with Gasteiger partial charge in [-0.2, -0.15) is 0 Å². The SMILES string of the molecule is Cn1cc(C(=O)N2CCN(C(=O)[C@@H](N)Cc3c[nH]c4ccccc34)CC2)c2ccccc21. The predicted octanol–water partition coefficient (Wildman–Crippen LogP) is 2.51. The van der Waals surface area contributed by atoms with Crippen LogP contribution in [0.1, 0.15) is 15.9 Å². The van der Waals surface area contributed by atoms with Gasteiger partial charge in [0.1, 0.15) is 0 Å². The lowest BCUT2D eigenvalue weighted by Crippen LogP contribution is -2.54. The minimum absolute atomic E-state index is 0.0111. The van der Waals surface area contributed by atoms with Gasteiger partial charge in [0.15, 0.2) is 0 Å². The summed E-state index contributed by atoms with van der Waals surface area (Å²) in [4.78, 5) is 33.0. The number of aromatic amines is 1. The number of rotatable bonds is 4. The van der Waals surface area contributed by atoms with E-state index in [9.17, 15) is 9.59 Å². The van der Waals surface area contributed by atoms with E-state index < -0.39 is 6.04 Å². The maximum atomic E-state index is 13.2. The second-order valence-electron chi connectivity index (χ2n) is 8.46. The zero-order valence-corrected chi connectivity index (χ0v) is 18.1. The number of aryl methyl sites for hydroxylation is 1. The summed E-state index contributed by atoms with van der Waals surface area (Å²) in [6.45, 7) is 2.01. The molecule has 1 saturated heterocycles. The zero-order valence-electron chi connectivity index (χ0n) is 18.1. The van der Waals surface area contributed by atoms with Gasteiger partial charge in [0, 0.05) is 67.4 Å². The number of H-pyrrole nitrogens is 1. The topological polar surface area (TPSA) is 87.4 Å². The molecule has 2 aromatic carbocycles. The van der Waals surface area contributed by atoms with E-state index in [0.717, 1.165) is 27.4 Å². The molecule has 3 N–H and O–H groups in total. The smallest absolute Gasteiger partial charge is 0.256 e. The number of hydrogen-bond donors (Lipinski definition) is 2. The van der Waals surface area contributed by atoms with Crippen LogP contribution in [-0.4, -0.2) is 63.4 Å². The fourth-order valence-electron chi connectivity index (χ4n) is 4.67. The molecule has 0 unspecified atom stereocenters. The van der Waals surface area contributed by atoms with Gasteiger partial charge < -0.3 is 25.1 Å². The Morgan fingerprint density at radius 2 is 1.62 bits per heavy atom. The molecule has 32 heavy (non-hydrogen) atoms. The Kier molecular flexibility index (Phi) is 5.19. The first-order chi connectivity index (χ1) is 15.5. The van der Waals surface area contributed by atoms with Crippen molar-refractivity contribution in [3.05, 3.63) is 72.1 Å². The van der Waals surface area contributed by atoms with Gasteiger partial charge in [-0.15, -0.1) is 0 Å². The average molecular weight is 430 g/mol. The summed E-state index contributed by atoms with van der Waals surface area (Å²) in [5, 5.41) is 2.06. The van der Waals surface area contributed by atoms with E-state index in [1.165, 1.54) is 0 Å². The maximum Gasteiger partial charge on any atom is 0.256 e. The molecule has 7 heteroatoms. The fraction of sp³-hybridized carbons (Fsp3) is 0.280. The molecule has 1 fully saturated rings. The number of nitrogens with zero attached hydrogens (tertiary/aromatic N) is 3. The van der Waals surface area contributed by atoms with Crippen LogP contribution in [-0.2, 0) is 18.3 Å². The summed E-state index contributed by atoms with van der Waals surface area (Å²) in [5.41, 5.74) is 10.1. The van der Waals surface area contributed by atoms with Crippen molar-refractivity contribution < 1.29 is 9.59 Å². The van der Waals surface area contributed by atoms with Gasteiger partial charge >= 0.3 is 0 Å². The van der Waals surface area contributed by atoms with Gasteiger partial charge in [-0.1, -0.05) is 36.4 Å². The van der Waals surface area contributed by atoms with Crippen molar-refractivity contribution >= 4 is 33.6 Å². The van der Waals surface area contributed by atoms with Gasteiger partial charge in [-0.25, -0.2) is 0 Å². The highest BCUT2D eigenvalue weighted by Crippen LogP contribution is 2.23. The van der Waals surface area contributed by atoms with Crippen LogP contribution in [0.15, 0.2) is 60.9 Å². The summed E-state index contributed by atoms with van der Waals surface area (Å²) < 4.78 is 1.98. The molecule has 4 aromatic rings. The first kappa shape index (κ1) is 20.3. The highest BCUT2D eigenvalue weighted by Gasteiger charge is 2.29. The van der Waals surface area contributed by atoms with Crippen LogP contribution in [0.5, 0.6) is 0 Å². The molecular formula is C25H27N5O2. The zero-order chi connectivity index (χ0) is 22.2. The Morgan fingerprint density at radius 1 is 0.969 bits per heavy atom. The van der Waals surface area contributed by atoms with Crippen molar-refractivity contribution in [1.82, 2.24) is 19.4 Å². The third kappa shape index (κ3) is 3.54. The molecule has 1 atom stereocenters. The van der Waals surface area contributed by atoms with E-state index in [1.807, 2.05) is 77.4 Å². The number of nitrogens with two attached hydrogens (primary N) is 1. The van der Waals surface area contributed by atoms with Gasteiger partial charge in [0.05, 0.1) is 11.6 Å². The molecule has 0 spiro atoms. The number of piperazine rings is 1. The molecule has 2 amide bonds. The third-order valence-electron chi connectivity index (χ3n) is 6.44. The van der Waals surface area contributed by atoms with Crippen LogP contribution < -0.4 is 5.73 Å². The van der Waals surface area contributed by atoms with Gasteiger partial charge in [0.25, 0.3) is 5.91 Å². The van der Waals surface area contributed by atoms with Crippen molar-refractivity contribution in [1.29, 1.82) is 0 Å². The Morgan fingerprint density at radius 3 is 2.41 bits per heavy atom. The number of benzene rings is 2. The molecule has 164 valence electrons. The van der Waals surface area contributed by atoms with Crippen molar-refractivity contribution in [3.8, 4) is 0 Å². The third-order valence-corrected chi connectivity index (χ3v) is 6.44. The van der Waals surface area contributed by atoms with Gasteiger partial charge in [0.2, 0.25) is 5.91 Å². The fourth-order valence-corrected chi connectivity index (χ4v) is 4.67. The van der Waals surface area contributed by atoms with E-state index in [0.29, 0.717) is 38.2 Å². The highest BCUT2D eigenvalue weighted by molar-refractivity contribution is 6.07. The number of nitrogens with one attached hydrogen (secondary N) is 1. The van der Waals surface area contributed by atoms with Gasteiger partial charge in [-0.3, -0.25) is 9.59 Å². The molecule has 1 aliphatic rings. The second kappa shape index (κ2) is 8.16. The lowest BCUT2D eigenvalue weighted by atomic mass is 10.0. The average Bonchev–Trinajstić information content (AvgIpc) is 3.39. The van der Waals surface area contributed by atoms with Crippen molar-refractivity contribution in [2.75, 3.05) is 26.2 Å². The molecule has 5 rings (SSSR count). The first-order valence-corrected chi connectivity index (χ1v) is 11.0. The lowest BCUT2D eigenvalue weighted by Gasteiger charge is -2.36. The molecule has 2 aromatic heterocycles. The molecule has 3 heterocycles. The summed E-state index contributed by atoms with van der Waals surface area (Å²) >= 11 is 0. The summed E-state index contributed by atoms with van der Waals surface area (Å²) in [6, 6.07) is 15.3. The second-order valence-corrected chi connectivity index (χ2v) is 8.46. The Labute approximate surface area is 186 Å². The van der Waals surface area contributed by atoms with Crippen molar-refractivity contribution in [2.24, 2.45) is 12.8 Å². The van der Waals surface area contributed by atoms with E-state index in [1.54, 1.807) is 4.90 Å². The highest BCUT2D eigenvalue weighted by atomic mass is 16.2. The first-order valence-electron chi connectivity index (χ1n) is 11.0. The Balaban J connectivity index is 1.23. The van der Waals surface area contributed by atoms with E-state index >= 15 is 0 Å². The number of para-hydroxylation sites is 2. The van der Waals surface area contributed by atoms with Crippen LogP contribution in [0, 0.1) is 0 Å². The van der Waals surface area contributed by atoms with Crippen LogP contribution in [0.2, 0.25) is 0 Å². The summed E-state index contributed by atoms with van der Waals surface area (Å²) in [7, 11) is 1.95. The minimum Gasteiger partial charge on any atom is -0.361 e. The minimum atomic E-state index is -0.602. The molecular weight excluding hydrogens is 402 g/mol. The summed E-state index contributed by atoms with van der Waals surface area (Å²) in [5.74, 6) is -0.0514. The Hall–Kier alpha value is -3.58. The summed E-state index contributed by atoms with van der Waals surface area (Å²) in [6.07, 6.45) is 4.30.